The number of nitrogens with zero attached hydrogens (tertiary/aromatic N) is 4. The maximum Gasteiger partial charge on any atom is 0.274 e. The molecule has 1 atom stereocenters. The molecule has 0 radical (unpaired) electrons. The van der Waals surface area contributed by atoms with E-state index in [9.17, 15) is 18.8 Å². The van der Waals surface area contributed by atoms with Crippen molar-refractivity contribution in [2.45, 2.75) is 70.1 Å². The highest BCUT2D eigenvalue weighted by atomic mass is 19.1. The van der Waals surface area contributed by atoms with Crippen LogP contribution in [0.5, 0.6) is 0 Å². The molecule has 2 fully saturated rings. The first kappa shape index (κ1) is 25.8. The number of hydrogen-bond acceptors (Lipinski definition) is 5. The summed E-state index contributed by atoms with van der Waals surface area (Å²) in [5, 5.41) is 7.54. The van der Waals surface area contributed by atoms with E-state index >= 15 is 0 Å². The highest BCUT2D eigenvalue weighted by Gasteiger charge is 2.44. The zero-order valence-electron chi connectivity index (χ0n) is 21.3. The molecule has 1 aliphatic carbocycles. The Morgan fingerprint density at radius 3 is 2.14 bits per heavy atom. The molecular weight excluding hydrogens is 463 g/mol. The minimum atomic E-state index is -1.13. The Kier molecular flexibility index (Phi) is 7.17. The van der Waals surface area contributed by atoms with Gasteiger partial charge in [-0.1, -0.05) is 20.8 Å². The number of rotatable bonds is 4. The van der Waals surface area contributed by atoms with Crippen molar-refractivity contribution in [3.8, 4) is 0 Å². The van der Waals surface area contributed by atoms with Crippen LogP contribution in [0.15, 0.2) is 30.3 Å². The quantitative estimate of drug-likeness (QED) is 0.671. The predicted molar refractivity (Wildman–Crippen MR) is 133 cm³/mol. The van der Waals surface area contributed by atoms with Crippen LogP contribution in [0.25, 0.3) is 0 Å². The molecule has 0 spiro atoms. The Hall–Kier alpha value is -3.27. The summed E-state index contributed by atoms with van der Waals surface area (Å²) in [6, 6.07) is 6.98. The topological polar surface area (TPSA) is 114 Å². The van der Waals surface area contributed by atoms with E-state index in [-0.39, 0.29) is 42.1 Å². The number of carbonyl (C=O) groups is 3. The summed E-state index contributed by atoms with van der Waals surface area (Å²) in [7, 11) is 1.69. The van der Waals surface area contributed by atoms with E-state index in [2.05, 4.69) is 10.4 Å². The average Bonchev–Trinajstić information content (AvgIpc) is 3.44. The molecule has 1 aliphatic heterocycles. The van der Waals surface area contributed by atoms with Gasteiger partial charge in [-0.2, -0.15) is 5.10 Å². The highest BCUT2D eigenvalue weighted by Crippen LogP contribution is 2.26. The van der Waals surface area contributed by atoms with Gasteiger partial charge in [-0.25, -0.2) is 4.39 Å². The fourth-order valence-corrected chi connectivity index (χ4v) is 4.82. The fourth-order valence-electron chi connectivity index (χ4n) is 4.82. The van der Waals surface area contributed by atoms with Gasteiger partial charge in [0.05, 0.1) is 5.69 Å². The molecule has 1 aromatic heterocycles. The molecule has 2 aliphatic rings. The van der Waals surface area contributed by atoms with E-state index in [0.717, 1.165) is 31.4 Å². The van der Waals surface area contributed by atoms with E-state index in [1.165, 1.54) is 38.7 Å². The van der Waals surface area contributed by atoms with Gasteiger partial charge in [0.2, 0.25) is 0 Å². The zero-order chi connectivity index (χ0) is 26.2. The molecule has 36 heavy (non-hydrogen) atoms. The second kappa shape index (κ2) is 10.0. The number of aryl methyl sites for hydroxylation is 1. The third-order valence-corrected chi connectivity index (χ3v) is 7.01. The Morgan fingerprint density at radius 1 is 1.00 bits per heavy atom. The SMILES string of the molecule is Cn1nc(C(C)(C)C)cc1C(=O)N1CCN(C(=O)c2ccc(F)cc2)C1C(=O)NC1CCC(N)CC1. The van der Waals surface area contributed by atoms with Crippen LogP contribution in [0.1, 0.15) is 73.0 Å². The van der Waals surface area contributed by atoms with Crippen molar-refractivity contribution < 1.29 is 18.8 Å². The number of nitrogens with one attached hydrogen (secondary N) is 1. The second-order valence-electron chi connectivity index (χ2n) is 10.8. The van der Waals surface area contributed by atoms with Crippen molar-refractivity contribution in [3.05, 3.63) is 53.1 Å². The van der Waals surface area contributed by atoms with Crippen molar-refractivity contribution in [1.29, 1.82) is 0 Å². The fraction of sp³-hybridized carbons (Fsp3) is 0.538. The monoisotopic (exact) mass is 498 g/mol. The Bertz CT molecular complexity index is 1130. The van der Waals surface area contributed by atoms with Crippen molar-refractivity contribution in [3.63, 3.8) is 0 Å². The lowest BCUT2D eigenvalue weighted by Crippen LogP contribution is -2.56. The van der Waals surface area contributed by atoms with Gasteiger partial charge < -0.3 is 20.9 Å². The van der Waals surface area contributed by atoms with Crippen molar-refractivity contribution in [2.75, 3.05) is 13.1 Å². The van der Waals surface area contributed by atoms with E-state index in [4.69, 9.17) is 5.73 Å². The normalized spacial score (nSPS) is 22.6. The van der Waals surface area contributed by atoms with E-state index in [0.29, 0.717) is 5.69 Å². The molecule has 3 amide bonds. The van der Waals surface area contributed by atoms with Gasteiger partial charge in [0.1, 0.15) is 11.5 Å². The number of aromatic nitrogens is 2. The molecule has 3 N–H and O–H groups in total. The van der Waals surface area contributed by atoms with E-state index in [1.807, 2.05) is 20.8 Å². The summed E-state index contributed by atoms with van der Waals surface area (Å²) in [4.78, 5) is 43.4. The minimum Gasteiger partial charge on any atom is -0.350 e. The van der Waals surface area contributed by atoms with Gasteiger partial charge in [-0.3, -0.25) is 19.1 Å². The Balaban J connectivity index is 1.63. The van der Waals surface area contributed by atoms with Crippen LogP contribution in [0, 0.1) is 5.82 Å². The van der Waals surface area contributed by atoms with Gasteiger partial charge in [0, 0.05) is 43.2 Å². The lowest BCUT2D eigenvalue weighted by atomic mass is 9.92. The number of benzene rings is 1. The van der Waals surface area contributed by atoms with E-state index < -0.39 is 23.8 Å². The number of nitrogens with two attached hydrogens (primary N) is 1. The average molecular weight is 499 g/mol. The lowest BCUT2D eigenvalue weighted by Gasteiger charge is -2.32. The third kappa shape index (κ3) is 5.28. The Labute approximate surface area is 210 Å². The van der Waals surface area contributed by atoms with Gasteiger partial charge in [-0.15, -0.1) is 0 Å². The molecule has 1 saturated heterocycles. The molecule has 1 saturated carbocycles. The van der Waals surface area contributed by atoms with Crippen LogP contribution in [-0.2, 0) is 17.3 Å². The molecule has 0 bridgehead atoms. The summed E-state index contributed by atoms with van der Waals surface area (Å²) in [5.74, 6) is -1.67. The number of halogens is 1. The maximum absolute atomic E-state index is 13.7. The highest BCUT2D eigenvalue weighted by molar-refractivity contribution is 6.01. The van der Waals surface area contributed by atoms with Crippen LogP contribution in [0.3, 0.4) is 0 Å². The molecule has 10 heteroatoms. The molecular formula is C26H35FN6O3. The Morgan fingerprint density at radius 2 is 1.58 bits per heavy atom. The molecule has 194 valence electrons. The van der Waals surface area contributed by atoms with Crippen LogP contribution in [0.4, 0.5) is 4.39 Å². The summed E-state index contributed by atoms with van der Waals surface area (Å²) >= 11 is 0. The smallest absolute Gasteiger partial charge is 0.274 e. The standard InChI is InChI=1S/C26H35FN6O3/c1-26(2,3)21-15-20(31(4)30-21)25(36)33-14-13-32(24(35)16-5-7-17(27)8-6-16)23(33)22(34)29-19-11-9-18(28)10-12-19/h5-8,15,18-19,23H,9-14,28H2,1-4H3,(H,29,34). The molecule has 2 heterocycles. The van der Waals surface area contributed by atoms with Crippen LogP contribution in [-0.4, -0.2) is 68.6 Å². The predicted octanol–water partition coefficient (Wildman–Crippen LogP) is 2.17. The summed E-state index contributed by atoms with van der Waals surface area (Å²) in [6.07, 6.45) is 1.98. The van der Waals surface area contributed by atoms with E-state index in [1.54, 1.807) is 13.1 Å². The van der Waals surface area contributed by atoms with Crippen molar-refractivity contribution in [1.82, 2.24) is 24.9 Å². The van der Waals surface area contributed by atoms with Crippen molar-refractivity contribution in [2.24, 2.45) is 12.8 Å². The number of amides is 3. The first-order chi connectivity index (χ1) is 17.0. The first-order valence-electron chi connectivity index (χ1n) is 12.4. The first-order valence-corrected chi connectivity index (χ1v) is 12.4. The van der Waals surface area contributed by atoms with Crippen molar-refractivity contribution >= 4 is 17.7 Å². The summed E-state index contributed by atoms with van der Waals surface area (Å²) < 4.78 is 15.0. The molecule has 2 aromatic rings. The second-order valence-corrected chi connectivity index (χ2v) is 10.8. The molecule has 9 nitrogen and oxygen atoms in total. The van der Waals surface area contributed by atoms with Crippen LogP contribution >= 0.6 is 0 Å². The zero-order valence-corrected chi connectivity index (χ0v) is 21.3. The van der Waals surface area contributed by atoms with Gasteiger partial charge in [-0.05, 0) is 56.0 Å². The third-order valence-electron chi connectivity index (χ3n) is 7.01. The summed E-state index contributed by atoms with van der Waals surface area (Å²) in [6.45, 7) is 6.40. The molecule has 1 aromatic carbocycles. The lowest BCUT2D eigenvalue weighted by molar-refractivity contribution is -0.129. The van der Waals surface area contributed by atoms with Gasteiger partial charge >= 0.3 is 0 Å². The number of hydrogen-bond donors (Lipinski definition) is 2. The van der Waals surface area contributed by atoms with Crippen LogP contribution in [0.2, 0.25) is 0 Å². The van der Waals surface area contributed by atoms with Gasteiger partial charge in [0.25, 0.3) is 17.7 Å². The van der Waals surface area contributed by atoms with Gasteiger partial charge in [0.15, 0.2) is 6.17 Å². The number of carbonyl (C=O) groups excluding carboxylic acids is 3. The largest absolute Gasteiger partial charge is 0.350 e. The van der Waals surface area contributed by atoms with Crippen LogP contribution < -0.4 is 11.1 Å². The minimum absolute atomic E-state index is 0.0678. The maximum atomic E-state index is 13.7. The summed E-state index contributed by atoms with van der Waals surface area (Å²) in [5.41, 5.74) is 7.10. The molecule has 1 unspecified atom stereocenters. The molecule has 4 rings (SSSR count).